The average Bonchev–Trinajstić information content (AvgIpc) is 3.66. The number of benzene rings is 4. The number of H-pyrrole nitrogens is 1. The smallest absolute Gasteiger partial charge is 0.264 e. The van der Waals surface area contributed by atoms with Crippen molar-refractivity contribution >= 4 is 62.4 Å². The molecular formula is C48H50F2N10O5. The molecule has 0 spiro atoms. The van der Waals surface area contributed by atoms with E-state index < -0.39 is 23.6 Å². The van der Waals surface area contributed by atoms with Gasteiger partial charge in [-0.2, -0.15) is 5.10 Å². The number of nitrogens with zero attached hydrogens (tertiary/aromatic N) is 6. The molecule has 4 saturated heterocycles. The summed E-state index contributed by atoms with van der Waals surface area (Å²) in [5, 5.41) is 17.6. The summed E-state index contributed by atoms with van der Waals surface area (Å²) in [5.41, 5.74) is 5.42. The highest BCUT2D eigenvalue weighted by atomic mass is 19.1. The van der Waals surface area contributed by atoms with Gasteiger partial charge in [0.15, 0.2) is 5.82 Å². The second kappa shape index (κ2) is 17.7. The average molecular weight is 885 g/mol. The topological polar surface area (TPSA) is 170 Å². The third-order valence-electron chi connectivity index (χ3n) is 13.2. The molecular weight excluding hydrogens is 835 g/mol. The first-order valence-corrected chi connectivity index (χ1v) is 22.3. The third kappa shape index (κ3) is 8.77. The molecule has 0 bridgehead atoms. The number of halogens is 2. The molecule has 0 radical (unpaired) electrons. The van der Waals surface area contributed by atoms with Gasteiger partial charge in [-0.3, -0.25) is 39.1 Å². The minimum atomic E-state index is -0.777. The maximum Gasteiger partial charge on any atom is 0.264 e. The number of ether oxygens (including phenoxy) is 1. The first-order chi connectivity index (χ1) is 31.5. The van der Waals surface area contributed by atoms with Crippen molar-refractivity contribution in [3.05, 3.63) is 117 Å². The van der Waals surface area contributed by atoms with Crippen molar-refractivity contribution in [3.63, 3.8) is 0 Å². The lowest BCUT2D eigenvalue weighted by Crippen LogP contribution is -2.55. The zero-order valence-electron chi connectivity index (χ0n) is 36.0. The summed E-state index contributed by atoms with van der Waals surface area (Å²) in [6.45, 7) is 8.90. The van der Waals surface area contributed by atoms with E-state index in [-0.39, 0.29) is 36.3 Å². The minimum absolute atomic E-state index is 0.145. The van der Waals surface area contributed by atoms with Gasteiger partial charge >= 0.3 is 0 Å². The SMILES string of the molecule is Cc1nc2cccc(N3CC(CN4CCN(c5ccc(C(=O)Nc6n[nH]c7ccc(Cc8cc(F)cc(F)c8)cc67)c(NC6CCOCC6)c5)CC4)C3)c2c(=O)n1C1CCC(=O)NC1=O. The Hall–Kier alpha value is -6.72. The Balaban J connectivity index is 0.795. The van der Waals surface area contributed by atoms with Gasteiger partial charge in [0.2, 0.25) is 11.8 Å². The molecule has 4 N–H and O–H groups in total. The highest BCUT2D eigenvalue weighted by Gasteiger charge is 2.34. The molecule has 4 aliphatic heterocycles. The van der Waals surface area contributed by atoms with Crippen LogP contribution < -0.4 is 31.3 Å². The van der Waals surface area contributed by atoms with Crippen molar-refractivity contribution in [2.45, 2.75) is 51.1 Å². The van der Waals surface area contributed by atoms with E-state index in [1.165, 1.54) is 16.7 Å². The Kier molecular flexibility index (Phi) is 11.5. The van der Waals surface area contributed by atoms with Gasteiger partial charge in [-0.1, -0.05) is 12.1 Å². The van der Waals surface area contributed by atoms with E-state index in [9.17, 15) is 28.0 Å². The predicted molar refractivity (Wildman–Crippen MR) is 244 cm³/mol. The quantitative estimate of drug-likeness (QED) is 0.121. The summed E-state index contributed by atoms with van der Waals surface area (Å²) in [6, 6.07) is 20.0. The number of anilines is 4. The number of imide groups is 1. The third-order valence-corrected chi connectivity index (χ3v) is 13.2. The van der Waals surface area contributed by atoms with E-state index in [0.717, 1.165) is 92.9 Å². The van der Waals surface area contributed by atoms with E-state index in [1.54, 1.807) is 6.92 Å². The Morgan fingerprint density at radius 1 is 0.877 bits per heavy atom. The number of hydrogen-bond acceptors (Lipinski definition) is 11. The first kappa shape index (κ1) is 42.2. The molecule has 2 aromatic heterocycles. The maximum atomic E-state index is 14.1. The monoisotopic (exact) mass is 884 g/mol. The fourth-order valence-electron chi connectivity index (χ4n) is 9.83. The maximum absolute atomic E-state index is 14.1. The highest BCUT2D eigenvalue weighted by molar-refractivity contribution is 6.11. The fourth-order valence-corrected chi connectivity index (χ4v) is 9.83. The van der Waals surface area contributed by atoms with Crippen LogP contribution in [0.4, 0.5) is 31.7 Å². The molecule has 17 heteroatoms. The molecule has 4 aromatic carbocycles. The van der Waals surface area contributed by atoms with Crippen LogP contribution in [0.3, 0.4) is 0 Å². The summed E-state index contributed by atoms with van der Waals surface area (Å²) >= 11 is 0. The summed E-state index contributed by atoms with van der Waals surface area (Å²) in [5.74, 6) is -1.16. The molecule has 6 heterocycles. The van der Waals surface area contributed by atoms with Crippen molar-refractivity contribution in [3.8, 4) is 0 Å². The highest BCUT2D eigenvalue weighted by Crippen LogP contribution is 2.33. The number of fused-ring (bicyclic) bond motifs is 2. The molecule has 4 aliphatic rings. The van der Waals surface area contributed by atoms with Gasteiger partial charge in [0, 0.05) is 100 Å². The van der Waals surface area contributed by atoms with Crippen molar-refractivity contribution in [2.24, 2.45) is 5.92 Å². The number of rotatable bonds is 11. The predicted octanol–water partition coefficient (Wildman–Crippen LogP) is 5.53. The molecule has 4 fully saturated rings. The Bertz CT molecular complexity index is 2860. The van der Waals surface area contributed by atoms with Gasteiger partial charge in [0.25, 0.3) is 11.5 Å². The van der Waals surface area contributed by atoms with Crippen LogP contribution >= 0.6 is 0 Å². The number of nitrogens with one attached hydrogen (secondary N) is 4. The van der Waals surface area contributed by atoms with Gasteiger partial charge in [-0.15, -0.1) is 0 Å². The molecule has 6 aromatic rings. The van der Waals surface area contributed by atoms with Crippen LogP contribution in [0.2, 0.25) is 0 Å². The lowest BCUT2D eigenvalue weighted by Gasteiger charge is -2.45. The minimum Gasteiger partial charge on any atom is -0.381 e. The molecule has 15 nitrogen and oxygen atoms in total. The van der Waals surface area contributed by atoms with Gasteiger partial charge < -0.3 is 25.2 Å². The Morgan fingerprint density at radius 2 is 1.66 bits per heavy atom. The molecule has 336 valence electrons. The summed E-state index contributed by atoms with van der Waals surface area (Å²) in [4.78, 5) is 64.4. The molecule has 10 rings (SSSR count). The van der Waals surface area contributed by atoms with E-state index in [4.69, 9.17) is 9.72 Å². The number of amides is 3. The van der Waals surface area contributed by atoms with Crippen LogP contribution in [-0.2, 0) is 20.7 Å². The molecule has 1 unspecified atom stereocenters. The zero-order chi connectivity index (χ0) is 44.8. The van der Waals surface area contributed by atoms with Crippen molar-refractivity contribution in [2.75, 3.05) is 79.5 Å². The first-order valence-electron chi connectivity index (χ1n) is 22.3. The van der Waals surface area contributed by atoms with E-state index in [0.29, 0.717) is 64.6 Å². The van der Waals surface area contributed by atoms with Gasteiger partial charge in [-0.25, -0.2) is 13.8 Å². The van der Waals surface area contributed by atoms with Crippen molar-refractivity contribution in [1.29, 1.82) is 0 Å². The normalized spacial score (nSPS) is 18.8. The molecule has 1 atom stereocenters. The molecule has 0 saturated carbocycles. The van der Waals surface area contributed by atoms with Crippen LogP contribution in [0.1, 0.15) is 59.0 Å². The number of aromatic amines is 1. The summed E-state index contributed by atoms with van der Waals surface area (Å²) in [7, 11) is 0. The standard InChI is InChI=1S/C48H50F2N10O5/c1-28-51-39-3-2-4-41(44(39)48(64)60(28)42-9-10-43(61)53-47(42)63)59-26-31(27-59)25-57-13-15-58(16-14-57)35-6-7-36(40(24-35)52-34-11-17-65-18-12-34)46(62)54-45-37-22-29(5-8-38(37)55-56-45)19-30-20-32(49)23-33(50)21-30/h2-8,20-24,31,34,42,52H,9-19,25-27H2,1H3,(H,53,61,63)(H2,54,55,56,62). The second-order valence-corrected chi connectivity index (χ2v) is 17.7. The zero-order valence-corrected chi connectivity index (χ0v) is 36.0. The van der Waals surface area contributed by atoms with Gasteiger partial charge in [0.05, 0.1) is 27.7 Å². The van der Waals surface area contributed by atoms with Crippen LogP contribution in [0.25, 0.3) is 21.8 Å². The number of piperazine rings is 1. The Labute approximate surface area is 373 Å². The van der Waals surface area contributed by atoms with Crippen LogP contribution in [0.5, 0.6) is 0 Å². The van der Waals surface area contributed by atoms with Gasteiger partial charge in [0.1, 0.15) is 23.5 Å². The Morgan fingerprint density at radius 3 is 2.43 bits per heavy atom. The van der Waals surface area contributed by atoms with E-state index in [1.807, 2.05) is 48.5 Å². The van der Waals surface area contributed by atoms with Gasteiger partial charge in [-0.05, 0) is 98.3 Å². The van der Waals surface area contributed by atoms with Crippen LogP contribution in [-0.4, -0.2) is 107 Å². The van der Waals surface area contributed by atoms with E-state index >= 15 is 0 Å². The summed E-state index contributed by atoms with van der Waals surface area (Å²) in [6.07, 6.45) is 2.39. The molecule has 3 amide bonds. The number of aromatic nitrogens is 4. The lowest BCUT2D eigenvalue weighted by molar-refractivity contribution is -0.135. The van der Waals surface area contributed by atoms with Crippen LogP contribution in [0.15, 0.2) is 77.6 Å². The van der Waals surface area contributed by atoms with E-state index in [2.05, 4.69) is 46.9 Å². The number of carbonyl (C=O) groups is 3. The largest absolute Gasteiger partial charge is 0.381 e. The number of carbonyl (C=O) groups excluding carboxylic acids is 3. The molecule has 0 aliphatic carbocycles. The van der Waals surface area contributed by atoms with Crippen molar-refractivity contribution < 1.29 is 27.9 Å². The number of piperidine rings is 1. The summed E-state index contributed by atoms with van der Waals surface area (Å²) < 4.78 is 34.9. The van der Waals surface area contributed by atoms with Crippen LogP contribution in [0, 0.1) is 24.5 Å². The number of aryl methyl sites for hydroxylation is 1. The number of hydrogen-bond donors (Lipinski definition) is 4. The fraction of sp³-hybridized carbons (Fsp3) is 0.375. The van der Waals surface area contributed by atoms with Crippen molar-refractivity contribution in [1.82, 2.24) is 30.0 Å². The second-order valence-electron chi connectivity index (χ2n) is 17.7. The lowest BCUT2D eigenvalue weighted by atomic mass is 9.97. The molecule has 65 heavy (non-hydrogen) atoms.